The quantitative estimate of drug-likeness (QED) is 0.0517. The van der Waals surface area contributed by atoms with Gasteiger partial charge in [0.2, 0.25) is 21.8 Å². The Morgan fingerprint density at radius 1 is 0.460 bits per heavy atom. The van der Waals surface area contributed by atoms with Crippen molar-refractivity contribution in [3.63, 3.8) is 0 Å². The van der Waals surface area contributed by atoms with Gasteiger partial charge in [-0.2, -0.15) is 37.2 Å². The fourth-order valence-electron chi connectivity index (χ4n) is 16.7. The van der Waals surface area contributed by atoms with E-state index in [0.717, 1.165) is 113 Å². The first-order chi connectivity index (χ1) is 58.9. The molecule has 7 heterocycles. The van der Waals surface area contributed by atoms with Crippen LogP contribution in [-0.2, 0) is 74.2 Å². The first-order valence-electron chi connectivity index (χ1n) is 44.8. The molecule has 3 atom stereocenters. The molecule has 0 bridgehead atoms. The number of aromatic nitrogens is 12. The molecule has 0 aromatic carbocycles. The van der Waals surface area contributed by atoms with Crippen LogP contribution in [0.1, 0.15) is 338 Å². The van der Waals surface area contributed by atoms with Crippen molar-refractivity contribution in [2.24, 2.45) is 41.2 Å². The monoisotopic (exact) mass is 1880 g/mol. The van der Waals surface area contributed by atoms with Crippen molar-refractivity contribution in [1.82, 2.24) is 64.8 Å². The maximum atomic E-state index is 13.6. The van der Waals surface area contributed by atoms with Crippen LogP contribution in [0.15, 0.2) is 18.6 Å². The number of halogens is 3. The number of carbonyl (C=O) groups is 6. The number of thioether (sulfide) groups is 1. The highest BCUT2D eigenvalue weighted by Gasteiger charge is 2.53. The second-order valence-corrected chi connectivity index (χ2v) is 46.9. The zero-order valence-corrected chi connectivity index (χ0v) is 81.1. The van der Waals surface area contributed by atoms with Crippen LogP contribution in [0, 0.1) is 58.2 Å². The number of hydrogen-bond donors (Lipinski definition) is 1. The lowest BCUT2D eigenvalue weighted by atomic mass is 9.75. The van der Waals surface area contributed by atoms with Crippen molar-refractivity contribution in [3.8, 4) is 12.1 Å². The van der Waals surface area contributed by atoms with Crippen LogP contribution < -0.4 is 5.73 Å². The molecule has 3 aliphatic heterocycles. The van der Waals surface area contributed by atoms with Gasteiger partial charge >= 0.3 is 30.7 Å². The van der Waals surface area contributed by atoms with E-state index in [2.05, 4.69) is 79.3 Å². The molecule has 4 aromatic rings. The molecule has 9 aliphatic rings. The van der Waals surface area contributed by atoms with Gasteiger partial charge in [0.15, 0.2) is 11.1 Å². The summed E-state index contributed by atoms with van der Waals surface area (Å²) in [4.78, 5) is 81.6. The summed E-state index contributed by atoms with van der Waals surface area (Å²) in [5.74, 6) is 7.42. The Bertz CT molecular complexity index is 4380. The third-order valence-corrected chi connectivity index (χ3v) is 28.8. The molecule has 126 heavy (non-hydrogen) atoms. The molecule has 13 rings (SSSR count). The number of nitrogens with two attached hydrogens (primary N) is 1. The standard InChI is InChI=1S/C24H37N5O4S.C20H30N4O2S.C20H32N4OS.2C10H18O5.C3Cl3N3/c1-23(2,3)33-22(30)28(15-18-9-13-34(31,32)14-10-18)21(19-7-5-4-6-8-19)20-16-29(27-26-20)24(17-25)11-12-24;21-15-20(10-11-20)24-14-19(22-23-24)18(17-4-2-1-3-5-17)7-6-16-8-12-27(25,26)13-9-16;21-19(25)20(10-11-20)24-14-18(22-23-24)17(16-4-2-1-3-5-16)7-6-15-8-12-26-13-9-15;2*1-9(2,3)14-7(11)13-8(12)15-10(4,5)6;4-1-7-2(5)9-3(6)8-1/h16,18-19,21H,4-15H2,1-3H3;14,16-18H,1-13H2;14-17H,1-13H2,(H2,21,25);2*1-6H3;/t21-;18-;17-;;;/m000.../s1. The van der Waals surface area contributed by atoms with E-state index in [1.54, 1.807) is 102 Å². The lowest BCUT2D eigenvalue weighted by Gasteiger charge is -2.40. The number of hydrogen-bond acceptors (Lipinski definition) is 29. The number of carbonyl (C=O) groups excluding carboxylic acids is 6. The van der Waals surface area contributed by atoms with Crippen molar-refractivity contribution in [1.29, 1.82) is 10.5 Å². The Balaban J connectivity index is 0.000000196. The third kappa shape index (κ3) is 34.9. The van der Waals surface area contributed by atoms with Crippen LogP contribution in [0.2, 0.25) is 15.9 Å². The summed E-state index contributed by atoms with van der Waals surface area (Å²) in [5, 5.41) is 45.5. The molecule has 0 radical (unpaired) electrons. The Hall–Kier alpha value is -7.25. The van der Waals surface area contributed by atoms with Crippen LogP contribution in [0.4, 0.5) is 24.0 Å². The fourth-order valence-corrected chi connectivity index (χ4v) is 21.7. The van der Waals surface area contributed by atoms with Crippen LogP contribution in [0.5, 0.6) is 0 Å². The lowest BCUT2D eigenvalue weighted by Crippen LogP contribution is -2.45. The molecule has 2 amide bonds. The molecule has 6 aliphatic carbocycles. The number of rotatable bonds is 19. The molecule has 0 spiro atoms. The smallest absolute Gasteiger partial charge is 0.444 e. The van der Waals surface area contributed by atoms with Gasteiger partial charge in [-0.1, -0.05) is 73.4 Å². The number of primary amides is 1. The number of ether oxygens (including phenoxy) is 7. The molecule has 9 fully saturated rings. The average Bonchev–Trinajstić information content (AvgIpc) is 1.60. The molecule has 39 heteroatoms. The molecule has 33 nitrogen and oxygen atoms in total. The van der Waals surface area contributed by atoms with Gasteiger partial charge in [0.1, 0.15) is 58.9 Å². The Kier molecular flexibility index (Phi) is 37.6. The van der Waals surface area contributed by atoms with Gasteiger partial charge in [0.25, 0.3) is 0 Å². The second-order valence-electron chi connectivity index (χ2n) is 40.0. The van der Waals surface area contributed by atoms with Gasteiger partial charge in [-0.3, -0.25) is 9.69 Å². The molecule has 0 unspecified atom stereocenters. The highest BCUT2D eigenvalue weighted by atomic mass is 35.5. The third-order valence-electron chi connectivity index (χ3n) is 23.8. The molecular formula is C87H135Cl3N16O17S3. The summed E-state index contributed by atoms with van der Waals surface area (Å²) in [5.41, 5.74) is 3.40. The van der Waals surface area contributed by atoms with E-state index in [4.69, 9.17) is 64.2 Å². The highest BCUT2D eigenvalue weighted by molar-refractivity contribution is 7.99. The molecule has 3 saturated heterocycles. The lowest BCUT2D eigenvalue weighted by molar-refractivity contribution is -0.122. The second kappa shape index (κ2) is 45.5. The number of amides is 2. The van der Waals surface area contributed by atoms with Gasteiger partial charge < -0.3 is 38.9 Å². The van der Waals surface area contributed by atoms with Crippen molar-refractivity contribution in [3.05, 3.63) is 51.5 Å². The summed E-state index contributed by atoms with van der Waals surface area (Å²) in [7, 11) is -5.79. The van der Waals surface area contributed by atoms with E-state index in [0.29, 0.717) is 60.3 Å². The van der Waals surface area contributed by atoms with Gasteiger partial charge in [0.05, 0.1) is 65.0 Å². The van der Waals surface area contributed by atoms with E-state index in [1.807, 2.05) is 39.4 Å². The molecule has 2 N–H and O–H groups in total. The van der Waals surface area contributed by atoms with Gasteiger partial charge in [-0.15, -0.1) is 15.3 Å². The summed E-state index contributed by atoms with van der Waals surface area (Å²) in [6.45, 7) is 26.0. The first-order valence-corrected chi connectivity index (χ1v) is 50.7. The summed E-state index contributed by atoms with van der Waals surface area (Å²) in [6.07, 6.45) is 34.8. The Labute approximate surface area is 763 Å². The van der Waals surface area contributed by atoms with Crippen molar-refractivity contribution >= 4 is 103 Å². The Morgan fingerprint density at radius 2 is 0.778 bits per heavy atom. The van der Waals surface area contributed by atoms with Crippen LogP contribution in [0.25, 0.3) is 0 Å². The zero-order chi connectivity index (χ0) is 92.9. The normalized spacial score (nSPS) is 20.7. The van der Waals surface area contributed by atoms with Crippen molar-refractivity contribution < 1.29 is 78.8 Å². The summed E-state index contributed by atoms with van der Waals surface area (Å²) < 4.78 is 86.0. The van der Waals surface area contributed by atoms with Gasteiger partial charge in [0, 0.05) is 24.6 Å². The topological polar surface area (TPSA) is 443 Å². The number of nitriles is 2. The van der Waals surface area contributed by atoms with Crippen LogP contribution in [-0.4, -0.2) is 187 Å². The minimum absolute atomic E-state index is 0.000000000000000444. The SMILES string of the molecule is CC(C)(C)OC(=O)N(CC1CCS(=O)(=O)CC1)[C@H](c1cn(C2(C#N)CC2)nn1)C1CCCCC1.CC(C)(C)OC(=O)OC(=O)OC(C)(C)C.CC(C)(C)OC(=O)OC(=O)OC(C)(C)C.Clc1nc(Cl)nc(Cl)n1.N#CC1(n2cc([C@@H](CCC3CCS(=O)(=O)CC3)C3CCCCC3)nn2)CC1.NC(=O)C1(n2cc([C@@H](CCC3CCSCC3)C3CCCCC3)nn2)CC1. The van der Waals surface area contributed by atoms with Crippen LogP contribution >= 0.6 is 46.6 Å². The van der Waals surface area contributed by atoms with E-state index in [1.165, 1.54) is 108 Å². The maximum Gasteiger partial charge on any atom is 0.519 e. The Morgan fingerprint density at radius 3 is 1.11 bits per heavy atom. The molecule has 4 aromatic heterocycles. The summed E-state index contributed by atoms with van der Waals surface area (Å²) >= 11 is 18.1. The molecular weight excluding hydrogens is 1740 g/mol. The zero-order valence-electron chi connectivity index (χ0n) is 76.4. The summed E-state index contributed by atoms with van der Waals surface area (Å²) in [6, 6.07) is 4.44. The van der Waals surface area contributed by atoms with Crippen molar-refractivity contribution in [2.45, 2.75) is 365 Å². The predicted molar refractivity (Wildman–Crippen MR) is 476 cm³/mol. The minimum Gasteiger partial charge on any atom is -0.444 e. The largest absolute Gasteiger partial charge is 0.519 e. The van der Waals surface area contributed by atoms with E-state index >= 15 is 0 Å². The minimum atomic E-state index is -2.99. The number of sulfone groups is 2. The van der Waals surface area contributed by atoms with E-state index in [9.17, 15) is 56.1 Å². The molecule has 6 saturated carbocycles. The first kappa shape index (κ1) is 104. The van der Waals surface area contributed by atoms with Gasteiger partial charge in [-0.05, 0) is 327 Å². The number of nitrogens with zero attached hydrogens (tertiary/aromatic N) is 15. The maximum absolute atomic E-state index is 13.6. The average molecular weight is 1880 g/mol. The molecule has 704 valence electrons. The highest BCUT2D eigenvalue weighted by Crippen LogP contribution is 2.49. The van der Waals surface area contributed by atoms with Crippen molar-refractivity contribution in [2.75, 3.05) is 41.1 Å². The van der Waals surface area contributed by atoms with E-state index < -0.39 is 95.0 Å². The van der Waals surface area contributed by atoms with Crippen LogP contribution in [0.3, 0.4) is 0 Å². The van der Waals surface area contributed by atoms with E-state index in [-0.39, 0.29) is 51.1 Å². The fraction of sp³-hybridized carbons (Fsp3) is 0.805. The van der Waals surface area contributed by atoms with Gasteiger partial charge in [-0.25, -0.2) is 54.9 Å². The predicted octanol–water partition coefficient (Wildman–Crippen LogP) is 19.0.